The van der Waals surface area contributed by atoms with Gasteiger partial charge < -0.3 is 5.32 Å². The zero-order valence-electron chi connectivity index (χ0n) is 11.7. The van der Waals surface area contributed by atoms with Crippen molar-refractivity contribution < 1.29 is 8.42 Å². The lowest BCUT2D eigenvalue weighted by atomic mass is 9.95. The molecule has 0 aliphatic carbocycles. The van der Waals surface area contributed by atoms with E-state index in [1.165, 1.54) is 16.9 Å². The van der Waals surface area contributed by atoms with E-state index in [-0.39, 0.29) is 17.0 Å². The Morgan fingerprint density at radius 2 is 2.00 bits per heavy atom. The van der Waals surface area contributed by atoms with Gasteiger partial charge >= 0.3 is 0 Å². The minimum absolute atomic E-state index is 0.134. The number of aryl methyl sites for hydroxylation is 1. The smallest absolute Gasteiger partial charge is 0.258 e. The molecular formula is C14H18N4O2S. The third-order valence-electron chi connectivity index (χ3n) is 3.80. The summed E-state index contributed by atoms with van der Waals surface area (Å²) in [5.74, 6) is 0.134. The maximum Gasteiger partial charge on any atom is 0.258 e. The monoisotopic (exact) mass is 306 g/mol. The Labute approximate surface area is 124 Å². The number of aromatic nitrogens is 2. The van der Waals surface area contributed by atoms with Crippen molar-refractivity contribution in [3.63, 3.8) is 0 Å². The lowest BCUT2D eigenvalue weighted by Crippen LogP contribution is -2.40. The number of hydrogen-bond acceptors (Lipinski definition) is 4. The molecule has 0 spiro atoms. The van der Waals surface area contributed by atoms with Crippen LogP contribution in [0.15, 0.2) is 47.6 Å². The topological polar surface area (TPSA) is 76.0 Å². The van der Waals surface area contributed by atoms with E-state index >= 15 is 0 Å². The molecule has 1 aliphatic rings. The standard InChI is InChI=1S/C14H18N4O2S/c1-18-14(7-8-16-18)21(19,20)17-13-10-15-9-12(13)11-5-3-2-4-6-11/h2-8,12-13,15,17H,9-10H2,1H3/t12-,13+/m0/s1. The van der Waals surface area contributed by atoms with Crippen LogP contribution in [0.4, 0.5) is 0 Å². The zero-order chi connectivity index (χ0) is 14.9. The molecule has 6 nitrogen and oxygen atoms in total. The van der Waals surface area contributed by atoms with Crippen molar-refractivity contribution in [2.24, 2.45) is 7.05 Å². The molecule has 2 N–H and O–H groups in total. The Morgan fingerprint density at radius 3 is 2.67 bits per heavy atom. The van der Waals surface area contributed by atoms with Crippen LogP contribution < -0.4 is 10.0 Å². The third kappa shape index (κ3) is 2.85. The summed E-state index contributed by atoms with van der Waals surface area (Å²) in [6, 6.07) is 11.3. The summed E-state index contributed by atoms with van der Waals surface area (Å²) < 4.78 is 29.1. The van der Waals surface area contributed by atoms with E-state index in [0.29, 0.717) is 6.54 Å². The highest BCUT2D eigenvalue weighted by Gasteiger charge is 2.32. The Kier molecular flexibility index (Phi) is 3.79. The van der Waals surface area contributed by atoms with E-state index in [1.54, 1.807) is 7.05 Å². The largest absolute Gasteiger partial charge is 0.314 e. The van der Waals surface area contributed by atoms with E-state index in [0.717, 1.165) is 12.1 Å². The second-order valence-corrected chi connectivity index (χ2v) is 6.86. The zero-order valence-corrected chi connectivity index (χ0v) is 12.5. The molecule has 0 saturated carbocycles. The number of hydrogen-bond donors (Lipinski definition) is 2. The van der Waals surface area contributed by atoms with Gasteiger partial charge in [0.25, 0.3) is 10.0 Å². The van der Waals surface area contributed by atoms with Crippen LogP contribution in [0, 0.1) is 0 Å². The molecule has 2 atom stereocenters. The van der Waals surface area contributed by atoms with Gasteiger partial charge in [-0.1, -0.05) is 30.3 Å². The van der Waals surface area contributed by atoms with E-state index < -0.39 is 10.0 Å². The summed E-state index contributed by atoms with van der Waals surface area (Å²) >= 11 is 0. The first kappa shape index (κ1) is 14.2. The molecule has 7 heteroatoms. The summed E-state index contributed by atoms with van der Waals surface area (Å²) in [4.78, 5) is 0. The molecule has 0 amide bonds. The lowest BCUT2D eigenvalue weighted by molar-refractivity contribution is 0.529. The Hall–Kier alpha value is -1.70. The van der Waals surface area contributed by atoms with Gasteiger partial charge in [-0.2, -0.15) is 5.10 Å². The lowest BCUT2D eigenvalue weighted by Gasteiger charge is -2.20. The van der Waals surface area contributed by atoms with Crippen LogP contribution in [0.2, 0.25) is 0 Å². The SMILES string of the molecule is Cn1nccc1S(=O)(=O)N[C@@H]1CNC[C@H]1c1ccccc1. The highest BCUT2D eigenvalue weighted by atomic mass is 32.2. The van der Waals surface area contributed by atoms with Crippen LogP contribution in [0.3, 0.4) is 0 Å². The number of nitrogens with one attached hydrogen (secondary N) is 2. The van der Waals surface area contributed by atoms with Crippen LogP contribution in [-0.4, -0.2) is 37.3 Å². The summed E-state index contributed by atoms with van der Waals surface area (Å²) in [5, 5.41) is 7.35. The van der Waals surface area contributed by atoms with E-state index in [9.17, 15) is 8.42 Å². The van der Waals surface area contributed by atoms with Gasteiger partial charge in [0.2, 0.25) is 0 Å². The highest BCUT2D eigenvalue weighted by molar-refractivity contribution is 7.89. The first-order valence-corrected chi connectivity index (χ1v) is 8.32. The first-order valence-electron chi connectivity index (χ1n) is 6.84. The first-order chi connectivity index (χ1) is 10.1. The molecule has 0 radical (unpaired) electrons. The molecule has 2 heterocycles. The van der Waals surface area contributed by atoms with Crippen molar-refractivity contribution in [2.45, 2.75) is 17.0 Å². The number of rotatable bonds is 4. The summed E-state index contributed by atoms with van der Waals surface area (Å²) in [6.07, 6.45) is 1.48. The van der Waals surface area contributed by atoms with Gasteiger partial charge in [0, 0.05) is 32.1 Å². The summed E-state index contributed by atoms with van der Waals surface area (Å²) in [6.45, 7) is 1.39. The van der Waals surface area contributed by atoms with Crippen molar-refractivity contribution in [2.75, 3.05) is 13.1 Å². The number of sulfonamides is 1. The molecular weight excluding hydrogens is 288 g/mol. The van der Waals surface area contributed by atoms with Crippen LogP contribution in [0.1, 0.15) is 11.5 Å². The molecule has 0 bridgehead atoms. The highest BCUT2D eigenvalue weighted by Crippen LogP contribution is 2.24. The van der Waals surface area contributed by atoms with Gasteiger partial charge in [-0.25, -0.2) is 13.1 Å². The molecule has 0 unspecified atom stereocenters. The quantitative estimate of drug-likeness (QED) is 0.860. The molecule has 1 aliphatic heterocycles. The van der Waals surface area contributed by atoms with E-state index in [4.69, 9.17) is 0 Å². The van der Waals surface area contributed by atoms with Gasteiger partial charge in [0.05, 0.1) is 6.20 Å². The fraction of sp³-hybridized carbons (Fsp3) is 0.357. The van der Waals surface area contributed by atoms with Gasteiger partial charge in [-0.05, 0) is 11.6 Å². The van der Waals surface area contributed by atoms with Crippen molar-refractivity contribution in [3.05, 3.63) is 48.2 Å². The van der Waals surface area contributed by atoms with Crippen LogP contribution in [0.25, 0.3) is 0 Å². The average Bonchev–Trinajstić information content (AvgIpc) is 3.08. The second-order valence-electron chi connectivity index (χ2n) is 5.20. The Morgan fingerprint density at radius 1 is 1.24 bits per heavy atom. The maximum absolute atomic E-state index is 12.4. The Balaban J connectivity index is 1.83. The molecule has 21 heavy (non-hydrogen) atoms. The fourth-order valence-electron chi connectivity index (χ4n) is 2.74. The molecule has 1 aromatic carbocycles. The van der Waals surface area contributed by atoms with Crippen molar-refractivity contribution >= 4 is 10.0 Å². The predicted molar refractivity (Wildman–Crippen MR) is 79.4 cm³/mol. The molecule has 3 rings (SSSR count). The summed E-state index contributed by atoms with van der Waals surface area (Å²) in [5.41, 5.74) is 1.14. The number of nitrogens with zero attached hydrogens (tertiary/aromatic N) is 2. The summed E-state index contributed by atoms with van der Waals surface area (Å²) in [7, 11) is -1.94. The minimum Gasteiger partial charge on any atom is -0.314 e. The molecule has 112 valence electrons. The molecule has 2 aromatic rings. The molecule has 1 aromatic heterocycles. The van der Waals surface area contributed by atoms with E-state index in [2.05, 4.69) is 15.1 Å². The van der Waals surface area contributed by atoms with Crippen molar-refractivity contribution in [1.82, 2.24) is 19.8 Å². The Bertz CT molecular complexity index is 712. The van der Waals surface area contributed by atoms with Crippen molar-refractivity contribution in [3.8, 4) is 0 Å². The van der Waals surface area contributed by atoms with Crippen LogP contribution in [0.5, 0.6) is 0 Å². The molecule has 1 saturated heterocycles. The predicted octanol–water partition coefficient (Wildman–Crippen LogP) is 0.454. The normalized spacial score (nSPS) is 22.5. The van der Waals surface area contributed by atoms with E-state index in [1.807, 2.05) is 30.3 Å². The van der Waals surface area contributed by atoms with Crippen LogP contribution in [-0.2, 0) is 17.1 Å². The second kappa shape index (κ2) is 5.59. The van der Waals surface area contributed by atoms with Crippen molar-refractivity contribution in [1.29, 1.82) is 0 Å². The van der Waals surface area contributed by atoms with Gasteiger partial charge in [0.15, 0.2) is 5.03 Å². The van der Waals surface area contributed by atoms with Gasteiger partial charge in [-0.3, -0.25) is 4.68 Å². The maximum atomic E-state index is 12.4. The average molecular weight is 306 g/mol. The third-order valence-corrected chi connectivity index (χ3v) is 5.36. The number of benzene rings is 1. The minimum atomic E-state index is -3.56. The fourth-order valence-corrected chi connectivity index (χ4v) is 4.14. The van der Waals surface area contributed by atoms with Crippen LogP contribution >= 0.6 is 0 Å². The van der Waals surface area contributed by atoms with Gasteiger partial charge in [0.1, 0.15) is 0 Å². The molecule has 1 fully saturated rings. The van der Waals surface area contributed by atoms with Gasteiger partial charge in [-0.15, -0.1) is 0 Å².